The van der Waals surface area contributed by atoms with Crippen molar-refractivity contribution in [2.45, 2.75) is 228 Å². The van der Waals surface area contributed by atoms with E-state index in [4.69, 9.17) is 4.74 Å². The van der Waals surface area contributed by atoms with E-state index >= 15 is 0 Å². The van der Waals surface area contributed by atoms with E-state index in [1.807, 2.05) is 32.9 Å². The van der Waals surface area contributed by atoms with Crippen molar-refractivity contribution in [2.75, 3.05) is 0 Å². The molecular formula is C72H94O7. The fourth-order valence-corrected chi connectivity index (χ4v) is 10.8. The maximum atomic E-state index is 14.3. The zero-order valence-electron chi connectivity index (χ0n) is 51.9. The van der Waals surface area contributed by atoms with Crippen LogP contribution in [0.25, 0.3) is 0 Å². The Hall–Kier alpha value is -6.21. The lowest BCUT2D eigenvalue weighted by atomic mass is 9.78. The summed E-state index contributed by atoms with van der Waals surface area (Å²) in [5.41, 5.74) is 12.6. The largest absolute Gasteiger partial charge is 0.507 e. The van der Waals surface area contributed by atoms with Gasteiger partial charge in [0.2, 0.25) is 0 Å². The van der Waals surface area contributed by atoms with Crippen molar-refractivity contribution in [3.05, 3.63) is 179 Å². The summed E-state index contributed by atoms with van der Waals surface area (Å²) in [5, 5.41) is 63.4. The summed E-state index contributed by atoms with van der Waals surface area (Å²) in [6.07, 6.45) is 1.43. The van der Waals surface area contributed by atoms with Crippen LogP contribution < -0.4 is 0 Å². The van der Waals surface area contributed by atoms with Gasteiger partial charge in [-0.1, -0.05) is 197 Å². The molecule has 79 heavy (non-hydrogen) atoms. The van der Waals surface area contributed by atoms with Gasteiger partial charge in [-0.3, -0.25) is 4.79 Å². The van der Waals surface area contributed by atoms with Crippen molar-refractivity contribution >= 4 is 5.97 Å². The molecule has 0 saturated carbocycles. The number of esters is 1. The second kappa shape index (κ2) is 21.0. The standard InChI is InChI=1S/C72H94O7/c1-66(2,3)53-28-41-22-43-30-54(67(4,5)6)32-45(61(43)74)24-47-34-56(69(10,11)12)36-49(63(47)76)26-51-38-58(71(16,17)18)39-52(65(51)78)27-50-37-57(70(13,14)15)35-48(64(50)77)25-46-33-55(68(7,8)9)31-44(62(46)75)23-42(29-53)59(41)40-60(73)79-72(19,20)21/h28-39,74-78H,22-27,40H2,1-21H3. The molecule has 0 radical (unpaired) electrons. The molecule has 5 N–H and O–H groups in total. The van der Waals surface area contributed by atoms with Crippen LogP contribution in [-0.2, 0) is 87.0 Å². The summed E-state index contributed by atoms with van der Waals surface area (Å²) >= 11 is 0. The Morgan fingerprint density at radius 3 is 0.608 bits per heavy atom. The molecule has 12 bridgehead atoms. The zero-order chi connectivity index (χ0) is 59.1. The van der Waals surface area contributed by atoms with Gasteiger partial charge in [0.25, 0.3) is 0 Å². The number of phenols is 5. The Labute approximate surface area is 474 Å². The predicted octanol–water partition coefficient (Wildman–Crippen LogP) is 16.7. The monoisotopic (exact) mass is 1070 g/mol. The number of rotatable bonds is 2. The van der Waals surface area contributed by atoms with E-state index < -0.39 is 5.60 Å². The summed E-state index contributed by atoms with van der Waals surface area (Å²) in [7, 11) is 0. The summed E-state index contributed by atoms with van der Waals surface area (Å²) in [6.45, 7) is 44.5. The second-order valence-electron chi connectivity index (χ2n) is 30.3. The Morgan fingerprint density at radius 2 is 0.456 bits per heavy atom. The first kappa shape index (κ1) is 60.4. The third-order valence-corrected chi connectivity index (χ3v) is 16.0. The summed E-state index contributed by atoms with van der Waals surface area (Å²) in [4.78, 5) is 14.3. The van der Waals surface area contributed by atoms with Crippen LogP contribution in [0.15, 0.2) is 72.8 Å². The lowest BCUT2D eigenvalue weighted by Crippen LogP contribution is -2.26. The van der Waals surface area contributed by atoms with E-state index in [9.17, 15) is 30.3 Å². The molecule has 0 amide bonds. The molecule has 0 saturated heterocycles. The van der Waals surface area contributed by atoms with Crippen molar-refractivity contribution in [1.29, 1.82) is 0 Å². The average molecular weight is 1070 g/mol. The van der Waals surface area contributed by atoms with Gasteiger partial charge in [-0.2, -0.15) is 0 Å². The molecule has 0 fully saturated rings. The molecule has 0 aliphatic heterocycles. The third-order valence-electron chi connectivity index (χ3n) is 16.0. The van der Waals surface area contributed by atoms with Gasteiger partial charge in [0.15, 0.2) is 0 Å². The zero-order valence-corrected chi connectivity index (χ0v) is 51.9. The maximum Gasteiger partial charge on any atom is 0.310 e. The maximum absolute atomic E-state index is 14.3. The van der Waals surface area contributed by atoms with Gasteiger partial charge >= 0.3 is 5.97 Å². The lowest BCUT2D eigenvalue weighted by Gasteiger charge is -2.28. The minimum atomic E-state index is -0.742. The van der Waals surface area contributed by atoms with Gasteiger partial charge < -0.3 is 30.3 Å². The highest BCUT2D eigenvalue weighted by Crippen LogP contribution is 2.44. The number of benzene rings is 6. The van der Waals surface area contributed by atoms with Crippen LogP contribution in [0.2, 0.25) is 0 Å². The van der Waals surface area contributed by atoms with Gasteiger partial charge in [-0.25, -0.2) is 0 Å². The molecule has 7 heteroatoms. The van der Waals surface area contributed by atoms with Gasteiger partial charge in [-0.05, 0) is 159 Å². The number of fused-ring (bicyclic) bond motifs is 12. The summed E-state index contributed by atoms with van der Waals surface area (Å²) in [5.74, 6) is 0.187. The normalized spacial score (nSPS) is 14.2. The van der Waals surface area contributed by atoms with Gasteiger partial charge in [0.05, 0.1) is 6.42 Å². The number of phenolic OH excluding ortho intramolecular Hbond substituents is 5. The smallest absolute Gasteiger partial charge is 0.310 e. The highest BCUT2D eigenvalue weighted by molar-refractivity contribution is 5.75. The molecule has 0 aromatic heterocycles. The van der Waals surface area contributed by atoms with Crippen molar-refractivity contribution in [3.63, 3.8) is 0 Å². The van der Waals surface area contributed by atoms with E-state index in [1.165, 1.54) is 0 Å². The minimum Gasteiger partial charge on any atom is -0.507 e. The van der Waals surface area contributed by atoms with Crippen LogP contribution in [0.1, 0.15) is 251 Å². The van der Waals surface area contributed by atoms with E-state index in [2.05, 4.69) is 185 Å². The number of ether oxygens (including phenoxy) is 1. The lowest BCUT2D eigenvalue weighted by molar-refractivity contribution is -0.153. The summed E-state index contributed by atoms with van der Waals surface area (Å²) in [6, 6.07) is 25.0. The molecule has 1 aliphatic rings. The first-order chi connectivity index (χ1) is 36.0. The van der Waals surface area contributed by atoms with E-state index in [-0.39, 0.29) is 112 Å². The van der Waals surface area contributed by atoms with Crippen LogP contribution >= 0.6 is 0 Å². The molecule has 7 nitrogen and oxygen atoms in total. The first-order valence-corrected chi connectivity index (χ1v) is 28.6. The van der Waals surface area contributed by atoms with Crippen molar-refractivity contribution in [3.8, 4) is 28.7 Å². The van der Waals surface area contributed by atoms with Gasteiger partial charge in [-0.15, -0.1) is 0 Å². The van der Waals surface area contributed by atoms with Crippen LogP contribution in [-0.4, -0.2) is 37.1 Å². The Kier molecular flexibility index (Phi) is 16.1. The number of hydrogen-bond acceptors (Lipinski definition) is 7. The number of hydrogen-bond donors (Lipinski definition) is 5. The quantitative estimate of drug-likeness (QED) is 0.109. The fourth-order valence-electron chi connectivity index (χ4n) is 10.8. The topological polar surface area (TPSA) is 127 Å². The summed E-state index contributed by atoms with van der Waals surface area (Å²) < 4.78 is 6.08. The molecular weight excluding hydrogens is 977 g/mol. The molecule has 1 aliphatic carbocycles. The fraction of sp³-hybridized carbons (Fsp3) is 0.486. The first-order valence-electron chi connectivity index (χ1n) is 28.6. The van der Waals surface area contributed by atoms with Crippen LogP contribution in [0.4, 0.5) is 0 Å². The highest BCUT2D eigenvalue weighted by Gasteiger charge is 2.30. The van der Waals surface area contributed by atoms with Crippen molar-refractivity contribution < 1.29 is 35.1 Å². The van der Waals surface area contributed by atoms with Gasteiger partial charge in [0, 0.05) is 38.5 Å². The third kappa shape index (κ3) is 13.9. The number of aromatic hydroxyl groups is 5. The van der Waals surface area contributed by atoms with E-state index in [0.29, 0.717) is 55.6 Å². The van der Waals surface area contributed by atoms with Crippen molar-refractivity contribution in [1.82, 2.24) is 0 Å². The Morgan fingerprint density at radius 1 is 0.304 bits per heavy atom. The van der Waals surface area contributed by atoms with Crippen LogP contribution in [0.3, 0.4) is 0 Å². The molecule has 0 spiro atoms. The van der Waals surface area contributed by atoms with Crippen LogP contribution in [0, 0.1) is 0 Å². The SMILES string of the molecule is CC(C)(C)OC(=O)Cc1c2cc(C(C)(C)C)cc1Cc1cc(C(C)(C)C)cc(c1O)Cc1cc(C(C)(C)C)cc(c1O)Cc1cc(C(C)(C)C)cc(c1O)Cc1cc(C(C)(C)C)cc(c1O)Cc1cc(C(C)(C)C)cc(c1O)C2. The molecule has 0 heterocycles. The predicted molar refractivity (Wildman–Crippen MR) is 326 cm³/mol. The van der Waals surface area contributed by atoms with Gasteiger partial charge in [0.1, 0.15) is 34.3 Å². The second-order valence-corrected chi connectivity index (χ2v) is 30.3. The molecule has 0 unspecified atom stereocenters. The molecule has 6 aromatic carbocycles. The Bertz CT molecular complexity index is 3130. The number of carbonyl (C=O) groups excluding carboxylic acids is 1. The molecule has 0 atom stereocenters. The Balaban J connectivity index is 1.62. The molecule has 7 rings (SSSR count). The highest BCUT2D eigenvalue weighted by atomic mass is 16.6. The van der Waals surface area contributed by atoms with Crippen LogP contribution in [0.5, 0.6) is 28.7 Å². The molecule has 6 aromatic rings. The molecule has 424 valence electrons. The van der Waals surface area contributed by atoms with Crippen molar-refractivity contribution in [2.24, 2.45) is 0 Å². The average Bonchev–Trinajstić information content (AvgIpc) is 3.35. The number of carbonyl (C=O) groups is 1. The van der Waals surface area contributed by atoms with E-state index in [0.717, 1.165) is 50.1 Å². The van der Waals surface area contributed by atoms with E-state index in [1.54, 1.807) is 0 Å². The minimum absolute atomic E-state index is 0.0349.